The Labute approximate surface area is 172 Å². The van der Waals surface area contributed by atoms with E-state index in [0.717, 1.165) is 37.2 Å². The lowest BCUT2D eigenvalue weighted by molar-refractivity contribution is 0.0827. The van der Waals surface area contributed by atoms with Crippen LogP contribution < -0.4 is 5.32 Å². The Morgan fingerprint density at radius 1 is 1.36 bits per heavy atom. The molecule has 2 atom stereocenters. The lowest BCUT2D eigenvalue weighted by Crippen LogP contribution is -2.44. The fourth-order valence-electron chi connectivity index (χ4n) is 3.42. The summed E-state index contributed by atoms with van der Waals surface area (Å²) in [5, 5.41) is 3.67. The number of nitrogens with one attached hydrogen (secondary N) is 1. The van der Waals surface area contributed by atoms with E-state index in [2.05, 4.69) is 50.1 Å². The second kappa shape index (κ2) is 9.07. The van der Waals surface area contributed by atoms with Gasteiger partial charge in [0.2, 0.25) is 0 Å². The normalized spacial score (nSPS) is 19.6. The molecular formula is C22H39N3O2Si. The van der Waals surface area contributed by atoms with Crippen molar-refractivity contribution in [1.29, 1.82) is 0 Å². The molecular weight excluding hydrogens is 366 g/mol. The summed E-state index contributed by atoms with van der Waals surface area (Å²) < 4.78 is 6.62. The van der Waals surface area contributed by atoms with Gasteiger partial charge in [0.1, 0.15) is 0 Å². The molecule has 1 saturated heterocycles. The van der Waals surface area contributed by atoms with E-state index in [1.54, 1.807) is 19.0 Å². The molecule has 1 aromatic carbocycles. The van der Waals surface area contributed by atoms with Gasteiger partial charge in [-0.2, -0.15) is 0 Å². The van der Waals surface area contributed by atoms with Crippen LogP contribution in [0.1, 0.15) is 49.2 Å². The highest BCUT2D eigenvalue weighted by Crippen LogP contribution is 2.38. The molecule has 0 aliphatic carbocycles. The number of likely N-dealkylation sites (tertiary alicyclic amines) is 1. The molecule has 1 fully saturated rings. The number of benzene rings is 1. The Kier molecular flexibility index (Phi) is 7.48. The molecule has 1 heterocycles. The molecule has 1 unspecified atom stereocenters. The Bertz CT molecular complexity index is 670. The van der Waals surface area contributed by atoms with Gasteiger partial charge in [-0.3, -0.25) is 9.69 Å². The highest BCUT2D eigenvalue weighted by molar-refractivity contribution is 6.74. The molecule has 158 valence electrons. The van der Waals surface area contributed by atoms with Crippen LogP contribution in [0.5, 0.6) is 0 Å². The van der Waals surface area contributed by atoms with Gasteiger partial charge in [0, 0.05) is 45.3 Å². The number of nitrogens with zero attached hydrogens (tertiary/aromatic N) is 2. The zero-order valence-corrected chi connectivity index (χ0v) is 20.0. The second-order valence-corrected chi connectivity index (χ2v) is 14.5. The summed E-state index contributed by atoms with van der Waals surface area (Å²) in [5.74, 6) is 0.0423. The van der Waals surface area contributed by atoms with E-state index in [1.807, 2.05) is 25.2 Å². The minimum Gasteiger partial charge on any atom is -0.413 e. The second-order valence-electron chi connectivity index (χ2n) is 9.71. The Hall–Kier alpha value is -1.21. The molecule has 0 radical (unpaired) electrons. The summed E-state index contributed by atoms with van der Waals surface area (Å²) in [6.45, 7) is 14.5. The quantitative estimate of drug-likeness (QED) is 0.702. The SMILES string of the molecule is CN[C@@H](CN1CCC(O[Si](C)(C)C(C)(C)C)C1)c1cccc(C(=O)N(C)C)c1. The Morgan fingerprint density at radius 2 is 2.04 bits per heavy atom. The van der Waals surface area contributed by atoms with Gasteiger partial charge in [-0.05, 0) is 49.3 Å². The van der Waals surface area contributed by atoms with Crippen molar-refractivity contribution in [3.8, 4) is 0 Å². The van der Waals surface area contributed by atoms with Crippen LogP contribution in [-0.4, -0.2) is 70.9 Å². The van der Waals surface area contributed by atoms with E-state index >= 15 is 0 Å². The Balaban J connectivity index is 2.01. The molecule has 0 saturated carbocycles. The molecule has 6 heteroatoms. The predicted octanol–water partition coefficient (Wildman–Crippen LogP) is 3.75. The van der Waals surface area contributed by atoms with Crippen LogP contribution in [0.2, 0.25) is 18.1 Å². The predicted molar refractivity (Wildman–Crippen MR) is 119 cm³/mol. The number of likely N-dealkylation sites (N-methyl/N-ethyl adjacent to an activating group) is 1. The molecule has 1 amide bonds. The van der Waals surface area contributed by atoms with Gasteiger partial charge in [0.25, 0.3) is 5.91 Å². The zero-order chi connectivity index (χ0) is 21.1. The number of rotatable bonds is 7. The summed E-state index contributed by atoms with van der Waals surface area (Å²) in [5.41, 5.74) is 1.90. The van der Waals surface area contributed by atoms with Crippen molar-refractivity contribution in [3.05, 3.63) is 35.4 Å². The van der Waals surface area contributed by atoms with Crippen LogP contribution in [0.15, 0.2) is 24.3 Å². The summed E-state index contributed by atoms with van der Waals surface area (Å²) in [6.07, 6.45) is 1.43. The standard InChI is InChI=1S/C22H39N3O2Si/c1-22(2,3)28(7,8)27-19-12-13-25(15-19)16-20(23-4)17-10-9-11-18(14-17)21(26)24(5)6/h9-11,14,19-20,23H,12-13,15-16H2,1-8H3/t19?,20-/m0/s1. The fraction of sp³-hybridized carbons (Fsp3) is 0.682. The first-order valence-electron chi connectivity index (χ1n) is 10.3. The third-order valence-corrected chi connectivity index (χ3v) is 10.8. The number of hydrogen-bond donors (Lipinski definition) is 1. The number of amides is 1. The van der Waals surface area contributed by atoms with Crippen LogP contribution in [0.3, 0.4) is 0 Å². The van der Waals surface area contributed by atoms with Crippen LogP contribution in [0.4, 0.5) is 0 Å². The monoisotopic (exact) mass is 405 g/mol. The van der Waals surface area contributed by atoms with E-state index < -0.39 is 8.32 Å². The van der Waals surface area contributed by atoms with E-state index in [4.69, 9.17) is 4.43 Å². The summed E-state index contributed by atoms with van der Waals surface area (Å²) in [7, 11) is 3.84. The largest absolute Gasteiger partial charge is 0.413 e. The number of carbonyl (C=O) groups is 1. The van der Waals surface area contributed by atoms with Crippen LogP contribution in [-0.2, 0) is 4.43 Å². The first kappa shape index (κ1) is 23.1. The van der Waals surface area contributed by atoms with Crippen molar-refractivity contribution in [2.75, 3.05) is 40.8 Å². The maximum Gasteiger partial charge on any atom is 0.253 e. The first-order valence-corrected chi connectivity index (χ1v) is 13.2. The van der Waals surface area contributed by atoms with E-state index in [1.165, 1.54) is 0 Å². The van der Waals surface area contributed by atoms with Crippen molar-refractivity contribution in [2.45, 2.75) is 57.5 Å². The van der Waals surface area contributed by atoms with E-state index in [-0.39, 0.29) is 17.0 Å². The highest BCUT2D eigenvalue weighted by Gasteiger charge is 2.40. The maximum absolute atomic E-state index is 12.3. The molecule has 1 aliphatic rings. The van der Waals surface area contributed by atoms with Crippen LogP contribution in [0, 0.1) is 0 Å². The number of carbonyl (C=O) groups excluding carboxylic acids is 1. The maximum atomic E-state index is 12.3. The van der Waals surface area contributed by atoms with Gasteiger partial charge in [0.15, 0.2) is 8.32 Å². The van der Waals surface area contributed by atoms with Gasteiger partial charge in [-0.25, -0.2) is 0 Å². The Morgan fingerprint density at radius 3 is 2.61 bits per heavy atom. The summed E-state index contributed by atoms with van der Waals surface area (Å²) in [4.78, 5) is 16.4. The highest BCUT2D eigenvalue weighted by atomic mass is 28.4. The van der Waals surface area contributed by atoms with E-state index in [9.17, 15) is 4.79 Å². The average Bonchev–Trinajstić information content (AvgIpc) is 3.04. The third-order valence-electron chi connectivity index (χ3n) is 6.23. The van der Waals surface area contributed by atoms with Crippen molar-refractivity contribution < 1.29 is 9.22 Å². The average molecular weight is 406 g/mol. The van der Waals surface area contributed by atoms with Crippen molar-refractivity contribution in [3.63, 3.8) is 0 Å². The molecule has 5 nitrogen and oxygen atoms in total. The minimum atomic E-state index is -1.73. The number of hydrogen-bond acceptors (Lipinski definition) is 4. The minimum absolute atomic E-state index is 0.0423. The molecule has 0 aromatic heterocycles. The molecule has 28 heavy (non-hydrogen) atoms. The van der Waals surface area contributed by atoms with Gasteiger partial charge in [0.05, 0.1) is 6.10 Å². The molecule has 0 bridgehead atoms. The molecule has 1 aromatic rings. The summed E-state index contributed by atoms with van der Waals surface area (Å²) in [6, 6.07) is 8.18. The van der Waals surface area contributed by atoms with Crippen molar-refractivity contribution in [1.82, 2.24) is 15.1 Å². The zero-order valence-electron chi connectivity index (χ0n) is 19.0. The first-order chi connectivity index (χ1) is 12.9. The van der Waals surface area contributed by atoms with Gasteiger partial charge in [-0.1, -0.05) is 32.9 Å². The van der Waals surface area contributed by atoms with Crippen molar-refractivity contribution >= 4 is 14.2 Å². The molecule has 2 rings (SSSR count). The third kappa shape index (κ3) is 5.66. The lowest BCUT2D eigenvalue weighted by Gasteiger charge is -2.38. The molecule has 1 aliphatic heterocycles. The lowest BCUT2D eigenvalue weighted by atomic mass is 10.0. The van der Waals surface area contributed by atoms with Crippen LogP contribution in [0.25, 0.3) is 0 Å². The smallest absolute Gasteiger partial charge is 0.253 e. The molecule has 0 spiro atoms. The van der Waals surface area contributed by atoms with Crippen LogP contribution >= 0.6 is 0 Å². The van der Waals surface area contributed by atoms with E-state index in [0.29, 0.717) is 6.10 Å². The fourth-order valence-corrected chi connectivity index (χ4v) is 4.80. The van der Waals surface area contributed by atoms with Crippen molar-refractivity contribution in [2.24, 2.45) is 0 Å². The van der Waals surface area contributed by atoms with Gasteiger partial charge >= 0.3 is 0 Å². The van der Waals surface area contributed by atoms with Gasteiger partial charge in [-0.15, -0.1) is 0 Å². The summed E-state index contributed by atoms with van der Waals surface area (Å²) >= 11 is 0. The topological polar surface area (TPSA) is 44.8 Å². The van der Waals surface area contributed by atoms with Gasteiger partial charge < -0.3 is 14.6 Å². The molecule has 1 N–H and O–H groups in total.